The van der Waals surface area contributed by atoms with Crippen LogP contribution in [0.5, 0.6) is 11.5 Å². The van der Waals surface area contributed by atoms with Crippen molar-refractivity contribution >= 4 is 11.4 Å². The van der Waals surface area contributed by atoms with Crippen LogP contribution in [0.15, 0.2) is 42.5 Å². The summed E-state index contributed by atoms with van der Waals surface area (Å²) in [5, 5.41) is 13.2. The van der Waals surface area contributed by atoms with Crippen LogP contribution >= 0.6 is 0 Å². The van der Waals surface area contributed by atoms with Crippen molar-refractivity contribution in [3.8, 4) is 11.5 Å². The predicted octanol–water partition coefficient (Wildman–Crippen LogP) is 3.08. The Balaban J connectivity index is 2.01. The lowest BCUT2D eigenvalue weighted by Crippen LogP contribution is -2.08. The molecule has 2 rings (SSSR count). The van der Waals surface area contributed by atoms with Gasteiger partial charge in [-0.05, 0) is 36.4 Å². The Morgan fingerprint density at radius 1 is 1.10 bits per heavy atom. The molecule has 0 unspecified atom stereocenters. The lowest BCUT2D eigenvalue weighted by Gasteiger charge is -2.14. The van der Waals surface area contributed by atoms with Gasteiger partial charge in [0.1, 0.15) is 11.5 Å². The molecule has 0 aromatic heterocycles. The molecule has 0 radical (unpaired) electrons. The lowest BCUT2D eigenvalue weighted by molar-refractivity contribution is 0.406. The molecule has 0 saturated heterocycles. The van der Waals surface area contributed by atoms with Crippen LogP contribution in [0.1, 0.15) is 5.56 Å². The molecule has 0 aliphatic heterocycles. The highest BCUT2D eigenvalue weighted by Crippen LogP contribution is 2.24. The third-order valence-electron chi connectivity index (χ3n) is 3.16. The van der Waals surface area contributed by atoms with Crippen molar-refractivity contribution in [3.05, 3.63) is 48.0 Å². The van der Waals surface area contributed by atoms with E-state index in [-0.39, 0.29) is 5.75 Å². The Kier molecular flexibility index (Phi) is 4.35. The minimum absolute atomic E-state index is 0.238. The maximum absolute atomic E-state index is 9.89. The summed E-state index contributed by atoms with van der Waals surface area (Å²) in [4.78, 5) is 2.05. The van der Waals surface area contributed by atoms with Gasteiger partial charge in [0.05, 0.1) is 7.11 Å². The molecular formula is C16H20N2O2. The number of anilines is 2. The van der Waals surface area contributed by atoms with Crippen molar-refractivity contribution in [3.63, 3.8) is 0 Å². The summed E-state index contributed by atoms with van der Waals surface area (Å²) < 4.78 is 5.06. The van der Waals surface area contributed by atoms with Gasteiger partial charge in [0.15, 0.2) is 0 Å². The van der Waals surface area contributed by atoms with Gasteiger partial charge in [-0.3, -0.25) is 0 Å². The highest BCUT2D eigenvalue weighted by molar-refractivity contribution is 5.55. The number of nitrogens with one attached hydrogen (secondary N) is 1. The molecule has 0 spiro atoms. The third-order valence-corrected chi connectivity index (χ3v) is 3.16. The van der Waals surface area contributed by atoms with Crippen LogP contribution in [0.2, 0.25) is 0 Å². The van der Waals surface area contributed by atoms with Crippen molar-refractivity contribution in [1.82, 2.24) is 0 Å². The maximum atomic E-state index is 9.89. The zero-order valence-corrected chi connectivity index (χ0v) is 12.1. The van der Waals surface area contributed by atoms with Crippen LogP contribution in [0.3, 0.4) is 0 Å². The summed E-state index contributed by atoms with van der Waals surface area (Å²) in [5.74, 6) is 0.892. The molecule has 20 heavy (non-hydrogen) atoms. The van der Waals surface area contributed by atoms with Crippen molar-refractivity contribution in [1.29, 1.82) is 0 Å². The first-order chi connectivity index (χ1) is 9.60. The summed E-state index contributed by atoms with van der Waals surface area (Å²) in [7, 11) is 5.61. The minimum atomic E-state index is 0.238. The van der Waals surface area contributed by atoms with Crippen LogP contribution < -0.4 is 15.0 Å². The van der Waals surface area contributed by atoms with Crippen molar-refractivity contribution in [2.45, 2.75) is 6.54 Å². The molecule has 4 nitrogen and oxygen atoms in total. The summed E-state index contributed by atoms with van der Waals surface area (Å²) in [6.45, 7) is 0.567. The zero-order chi connectivity index (χ0) is 14.5. The second kappa shape index (κ2) is 6.19. The highest BCUT2D eigenvalue weighted by Gasteiger charge is 2.03. The van der Waals surface area contributed by atoms with Gasteiger partial charge in [-0.2, -0.15) is 0 Å². The molecule has 0 amide bonds. The van der Waals surface area contributed by atoms with Crippen molar-refractivity contribution in [2.24, 2.45) is 0 Å². The Bertz CT molecular complexity index is 565. The fourth-order valence-electron chi connectivity index (χ4n) is 1.89. The molecule has 0 aliphatic carbocycles. The van der Waals surface area contributed by atoms with Crippen molar-refractivity contribution in [2.75, 3.05) is 31.4 Å². The van der Waals surface area contributed by atoms with E-state index in [2.05, 4.69) is 22.3 Å². The van der Waals surface area contributed by atoms with Gasteiger partial charge in [-0.15, -0.1) is 0 Å². The van der Waals surface area contributed by atoms with Gasteiger partial charge in [-0.1, -0.05) is 0 Å². The molecule has 0 bridgehead atoms. The lowest BCUT2D eigenvalue weighted by atomic mass is 10.2. The molecule has 0 aliphatic rings. The first-order valence-corrected chi connectivity index (χ1v) is 6.47. The largest absolute Gasteiger partial charge is 0.507 e. The van der Waals surface area contributed by atoms with E-state index in [0.717, 1.165) is 16.9 Å². The van der Waals surface area contributed by atoms with E-state index < -0.39 is 0 Å². The summed E-state index contributed by atoms with van der Waals surface area (Å²) >= 11 is 0. The van der Waals surface area contributed by atoms with Crippen LogP contribution in [-0.2, 0) is 6.54 Å². The van der Waals surface area contributed by atoms with Crippen LogP contribution in [0, 0.1) is 0 Å². The van der Waals surface area contributed by atoms with E-state index in [0.29, 0.717) is 12.3 Å². The zero-order valence-electron chi connectivity index (χ0n) is 12.1. The average molecular weight is 272 g/mol. The van der Waals surface area contributed by atoms with Gasteiger partial charge in [0, 0.05) is 43.6 Å². The first-order valence-electron chi connectivity index (χ1n) is 6.47. The van der Waals surface area contributed by atoms with Gasteiger partial charge in [0.25, 0.3) is 0 Å². The fourth-order valence-corrected chi connectivity index (χ4v) is 1.89. The Hall–Kier alpha value is -2.36. The number of hydrogen-bond acceptors (Lipinski definition) is 4. The van der Waals surface area contributed by atoms with Gasteiger partial charge < -0.3 is 20.1 Å². The van der Waals surface area contributed by atoms with Crippen LogP contribution in [-0.4, -0.2) is 26.3 Å². The number of methoxy groups -OCH3 is 1. The monoisotopic (exact) mass is 272 g/mol. The number of benzene rings is 2. The highest BCUT2D eigenvalue weighted by atomic mass is 16.5. The molecule has 2 aromatic carbocycles. The quantitative estimate of drug-likeness (QED) is 0.878. The summed E-state index contributed by atoms with van der Waals surface area (Å²) in [6.07, 6.45) is 0. The predicted molar refractivity (Wildman–Crippen MR) is 82.8 cm³/mol. The topological polar surface area (TPSA) is 44.7 Å². The normalized spacial score (nSPS) is 10.2. The molecule has 0 saturated carbocycles. The van der Waals surface area contributed by atoms with E-state index in [4.69, 9.17) is 4.74 Å². The molecule has 0 heterocycles. The van der Waals surface area contributed by atoms with E-state index in [1.165, 1.54) is 0 Å². The molecule has 2 N–H and O–H groups in total. The van der Waals surface area contributed by atoms with Gasteiger partial charge in [0.2, 0.25) is 0 Å². The van der Waals surface area contributed by atoms with Gasteiger partial charge >= 0.3 is 0 Å². The van der Waals surface area contributed by atoms with E-state index in [9.17, 15) is 5.11 Å². The first kappa shape index (κ1) is 14.1. The smallest absolute Gasteiger partial charge is 0.124 e. The SMILES string of the molecule is COc1ccc(CNc2ccc(N(C)C)cc2)c(O)c1. The number of nitrogens with zero attached hydrogens (tertiary/aromatic N) is 1. The average Bonchev–Trinajstić information content (AvgIpc) is 2.46. The number of rotatable bonds is 5. The Morgan fingerprint density at radius 2 is 1.80 bits per heavy atom. The number of phenols is 1. The maximum Gasteiger partial charge on any atom is 0.124 e. The van der Waals surface area contributed by atoms with Crippen molar-refractivity contribution < 1.29 is 9.84 Å². The third kappa shape index (κ3) is 3.35. The van der Waals surface area contributed by atoms with E-state index in [1.807, 2.05) is 38.4 Å². The molecule has 2 aromatic rings. The Morgan fingerprint density at radius 3 is 2.35 bits per heavy atom. The number of ether oxygens (including phenoxy) is 1. The summed E-state index contributed by atoms with van der Waals surface area (Å²) in [6, 6.07) is 13.5. The molecule has 0 fully saturated rings. The fraction of sp³-hybridized carbons (Fsp3) is 0.250. The summed E-state index contributed by atoms with van der Waals surface area (Å²) in [5.41, 5.74) is 3.01. The molecular weight excluding hydrogens is 252 g/mol. The van der Waals surface area contributed by atoms with Gasteiger partial charge in [-0.25, -0.2) is 0 Å². The molecule has 106 valence electrons. The number of hydrogen-bond donors (Lipinski definition) is 2. The van der Waals surface area contributed by atoms with Crippen LogP contribution in [0.25, 0.3) is 0 Å². The second-order valence-electron chi connectivity index (χ2n) is 4.79. The standard InChI is InChI=1S/C16H20N2O2/c1-18(2)14-7-5-13(6-8-14)17-11-12-4-9-15(20-3)10-16(12)19/h4-10,17,19H,11H2,1-3H3. The second-order valence-corrected chi connectivity index (χ2v) is 4.79. The minimum Gasteiger partial charge on any atom is -0.507 e. The number of phenolic OH excluding ortho intramolecular Hbond substituents is 1. The molecule has 0 atom stereocenters. The number of aromatic hydroxyl groups is 1. The van der Waals surface area contributed by atoms with E-state index >= 15 is 0 Å². The molecule has 4 heteroatoms. The van der Waals surface area contributed by atoms with Crippen LogP contribution in [0.4, 0.5) is 11.4 Å². The van der Waals surface area contributed by atoms with E-state index in [1.54, 1.807) is 13.2 Å². The Labute approximate surface area is 119 Å².